The molecule has 0 aliphatic rings. The molecule has 0 saturated heterocycles. The molecule has 0 unspecified atom stereocenters. The first-order valence-corrected chi connectivity index (χ1v) is 9.73. The number of aliphatic hydroxyl groups excluding tert-OH is 1. The van der Waals surface area contributed by atoms with Gasteiger partial charge in [-0.25, -0.2) is 9.78 Å². The molecule has 0 aliphatic heterocycles. The number of nitrogens with one attached hydrogen (secondary N) is 1. The summed E-state index contributed by atoms with van der Waals surface area (Å²) in [7, 11) is 0. The summed E-state index contributed by atoms with van der Waals surface area (Å²) >= 11 is 6.08. The van der Waals surface area contributed by atoms with Crippen molar-refractivity contribution in [3.05, 3.63) is 87.1 Å². The van der Waals surface area contributed by atoms with Gasteiger partial charge < -0.3 is 19.2 Å². The predicted octanol–water partition coefficient (Wildman–Crippen LogP) is 5.03. The molecule has 0 amide bonds. The molecule has 2 aromatic heterocycles. The second-order valence-corrected chi connectivity index (χ2v) is 7.10. The van der Waals surface area contributed by atoms with E-state index >= 15 is 0 Å². The van der Waals surface area contributed by atoms with Gasteiger partial charge in [-0.1, -0.05) is 23.7 Å². The van der Waals surface area contributed by atoms with Crippen LogP contribution >= 0.6 is 11.6 Å². The number of carbonyl (C=O) groups is 1. The highest BCUT2D eigenvalue weighted by atomic mass is 35.5. The molecule has 2 aromatic carbocycles. The minimum atomic E-state index is -0.896. The van der Waals surface area contributed by atoms with Gasteiger partial charge in [0.2, 0.25) is 5.76 Å². The molecule has 10 nitrogen and oxygen atoms in total. The summed E-state index contributed by atoms with van der Waals surface area (Å²) in [5.74, 6) is -1.24. The van der Waals surface area contributed by atoms with Crippen molar-refractivity contribution < 1.29 is 24.0 Å². The van der Waals surface area contributed by atoms with E-state index in [1.165, 1.54) is 30.3 Å². The number of H-pyrrole nitrogens is 1. The van der Waals surface area contributed by atoms with Crippen molar-refractivity contribution in [1.82, 2.24) is 9.97 Å². The lowest BCUT2D eigenvalue weighted by Crippen LogP contribution is -2.08. The number of hydrogen-bond acceptors (Lipinski definition) is 8. The molecular formula is C22H13ClN4O6. The Kier molecular flexibility index (Phi) is 5.80. The van der Waals surface area contributed by atoms with Crippen LogP contribution in [-0.4, -0.2) is 32.6 Å². The lowest BCUT2D eigenvalue weighted by Gasteiger charge is -2.04. The van der Waals surface area contributed by atoms with E-state index in [9.17, 15) is 25.3 Å². The third kappa shape index (κ3) is 4.39. The van der Waals surface area contributed by atoms with Crippen LogP contribution in [0.2, 0.25) is 5.02 Å². The number of para-hydroxylation sites is 2. The van der Waals surface area contributed by atoms with Gasteiger partial charge in [-0.15, -0.1) is 0 Å². The summed E-state index contributed by atoms with van der Waals surface area (Å²) < 4.78 is 10.5. The molecule has 0 aliphatic carbocycles. The van der Waals surface area contributed by atoms with E-state index in [0.717, 1.165) is 0 Å². The zero-order valence-corrected chi connectivity index (χ0v) is 17.4. The zero-order chi connectivity index (χ0) is 23.5. The Balaban J connectivity index is 1.49. The monoisotopic (exact) mass is 464 g/mol. The first-order valence-electron chi connectivity index (χ1n) is 9.36. The van der Waals surface area contributed by atoms with E-state index in [4.69, 9.17) is 20.8 Å². The Morgan fingerprint density at radius 2 is 2.06 bits per heavy atom. The minimum absolute atomic E-state index is 0.0727. The maximum Gasteiger partial charge on any atom is 0.374 e. The number of aromatic nitrogens is 2. The lowest BCUT2D eigenvalue weighted by atomic mass is 10.1. The van der Waals surface area contributed by atoms with Crippen LogP contribution in [0.3, 0.4) is 0 Å². The van der Waals surface area contributed by atoms with Crippen LogP contribution in [-0.2, 0) is 4.74 Å². The Hall–Kier alpha value is -4.62. The van der Waals surface area contributed by atoms with Crippen molar-refractivity contribution in [1.29, 1.82) is 5.26 Å². The summed E-state index contributed by atoms with van der Waals surface area (Å²) in [5, 5.41) is 30.6. The van der Waals surface area contributed by atoms with Gasteiger partial charge in [-0.2, -0.15) is 5.26 Å². The summed E-state index contributed by atoms with van der Waals surface area (Å²) in [6, 6.07) is 15.5. The number of halogens is 1. The number of allylic oxidation sites excluding steroid dienone is 1. The van der Waals surface area contributed by atoms with Gasteiger partial charge >= 0.3 is 5.97 Å². The summed E-state index contributed by atoms with van der Waals surface area (Å²) in [6.07, 6.45) is 0. The van der Waals surface area contributed by atoms with Crippen LogP contribution in [0, 0.1) is 21.4 Å². The number of imidazole rings is 1. The van der Waals surface area contributed by atoms with Crippen LogP contribution in [0.1, 0.15) is 16.4 Å². The number of rotatable bonds is 6. The quantitative estimate of drug-likeness (QED) is 0.132. The molecular weight excluding hydrogens is 452 g/mol. The third-order valence-corrected chi connectivity index (χ3v) is 4.92. The van der Waals surface area contributed by atoms with Crippen molar-refractivity contribution in [2.24, 2.45) is 0 Å². The number of benzene rings is 2. The lowest BCUT2D eigenvalue weighted by molar-refractivity contribution is -0.384. The fourth-order valence-corrected chi connectivity index (χ4v) is 3.28. The predicted molar refractivity (Wildman–Crippen MR) is 117 cm³/mol. The van der Waals surface area contributed by atoms with Gasteiger partial charge in [0.05, 0.1) is 21.0 Å². The third-order valence-electron chi connectivity index (χ3n) is 4.60. The number of ether oxygens (including phenoxy) is 1. The average Bonchev–Trinajstić information content (AvgIpc) is 3.45. The molecule has 164 valence electrons. The highest BCUT2D eigenvalue weighted by molar-refractivity contribution is 6.33. The van der Waals surface area contributed by atoms with Crippen molar-refractivity contribution in [3.8, 4) is 17.4 Å². The van der Waals surface area contributed by atoms with Gasteiger partial charge in [-0.3, -0.25) is 10.1 Å². The Labute approximate surface area is 190 Å². The number of nitro groups is 1. The van der Waals surface area contributed by atoms with Gasteiger partial charge in [0.25, 0.3) is 5.69 Å². The van der Waals surface area contributed by atoms with E-state index in [-0.39, 0.29) is 33.6 Å². The molecule has 11 heteroatoms. The zero-order valence-electron chi connectivity index (χ0n) is 16.6. The number of aliphatic hydroxyl groups is 1. The average molecular weight is 465 g/mol. The van der Waals surface area contributed by atoms with Crippen molar-refractivity contribution in [2.45, 2.75) is 0 Å². The minimum Gasteiger partial charge on any atom is -0.507 e. The van der Waals surface area contributed by atoms with E-state index < -0.39 is 23.3 Å². The molecule has 0 fully saturated rings. The maximum atomic E-state index is 12.3. The maximum absolute atomic E-state index is 12.3. The van der Waals surface area contributed by atoms with Crippen LogP contribution < -0.4 is 0 Å². The molecule has 0 saturated carbocycles. The largest absolute Gasteiger partial charge is 0.507 e. The number of nitriles is 1. The molecule has 33 heavy (non-hydrogen) atoms. The first-order chi connectivity index (χ1) is 15.9. The molecule has 0 bridgehead atoms. The van der Waals surface area contributed by atoms with Crippen molar-refractivity contribution >= 4 is 39.9 Å². The number of nitro benzene ring substituents is 1. The number of esters is 1. The first kappa shape index (κ1) is 21.6. The summed E-state index contributed by atoms with van der Waals surface area (Å²) in [6.45, 7) is -0.590. The Morgan fingerprint density at radius 3 is 2.76 bits per heavy atom. The second-order valence-electron chi connectivity index (χ2n) is 6.70. The highest BCUT2D eigenvalue weighted by Gasteiger charge is 2.19. The molecule has 2 heterocycles. The Morgan fingerprint density at radius 1 is 1.27 bits per heavy atom. The number of hydrogen-bond donors (Lipinski definition) is 2. The number of fused-ring (bicyclic) bond motifs is 1. The fraction of sp³-hybridized carbons (Fsp3) is 0.0455. The van der Waals surface area contributed by atoms with E-state index in [1.807, 2.05) is 6.07 Å². The highest BCUT2D eigenvalue weighted by Crippen LogP contribution is 2.32. The molecule has 0 spiro atoms. The standard InChI is InChI=1S/C22H13ClN4O6/c23-15-9-12(27(30)31)5-6-13(15)19-7-8-20(33-19)22(29)32-11-18(28)14(10-24)21-25-16-3-1-2-4-17(16)26-21/h1-9,28H,11H2,(H,25,26). The SMILES string of the molecule is N#CC(=C(O)COC(=O)c1ccc(-c2ccc([N+](=O)[O-])cc2Cl)o1)c1nc2ccccc2[nH]1. The number of non-ortho nitro benzene ring substituents is 1. The van der Waals surface area contributed by atoms with Crippen LogP contribution in [0.5, 0.6) is 0 Å². The normalized spacial score (nSPS) is 11.6. The fourth-order valence-electron chi connectivity index (χ4n) is 3.01. The van der Waals surface area contributed by atoms with Gasteiger partial charge in [0.1, 0.15) is 17.4 Å². The number of carbonyl (C=O) groups excluding carboxylic acids is 1. The number of furan rings is 1. The van der Waals surface area contributed by atoms with E-state index in [1.54, 1.807) is 24.3 Å². The van der Waals surface area contributed by atoms with Crippen molar-refractivity contribution in [3.63, 3.8) is 0 Å². The molecule has 0 radical (unpaired) electrons. The van der Waals surface area contributed by atoms with Crippen LogP contribution in [0.15, 0.2) is 64.8 Å². The molecule has 0 atom stereocenters. The Bertz CT molecular complexity index is 1430. The summed E-state index contributed by atoms with van der Waals surface area (Å²) in [4.78, 5) is 29.8. The smallest absolute Gasteiger partial charge is 0.374 e. The van der Waals surface area contributed by atoms with Crippen LogP contribution in [0.4, 0.5) is 5.69 Å². The van der Waals surface area contributed by atoms with E-state index in [0.29, 0.717) is 16.6 Å². The molecule has 4 rings (SSSR count). The van der Waals surface area contributed by atoms with Crippen LogP contribution in [0.25, 0.3) is 27.9 Å². The second kappa shape index (κ2) is 8.86. The molecule has 2 N–H and O–H groups in total. The van der Waals surface area contributed by atoms with Gasteiger partial charge in [0, 0.05) is 17.7 Å². The number of aromatic amines is 1. The molecule has 4 aromatic rings. The van der Waals surface area contributed by atoms with E-state index in [2.05, 4.69) is 9.97 Å². The summed E-state index contributed by atoms with van der Waals surface area (Å²) in [5.41, 5.74) is 1.28. The van der Waals surface area contributed by atoms with Crippen molar-refractivity contribution in [2.75, 3.05) is 6.61 Å². The van der Waals surface area contributed by atoms with Gasteiger partial charge in [-0.05, 0) is 30.3 Å². The number of nitrogens with zero attached hydrogens (tertiary/aromatic N) is 3. The van der Waals surface area contributed by atoms with Gasteiger partial charge in [0.15, 0.2) is 18.2 Å². The topological polar surface area (TPSA) is 155 Å².